The van der Waals surface area contributed by atoms with Gasteiger partial charge in [-0.3, -0.25) is 9.59 Å². The normalized spacial score (nSPS) is 44.5. The van der Waals surface area contributed by atoms with Gasteiger partial charge in [-0.1, -0.05) is 13.8 Å². The number of fused-ring (bicyclic) bond motifs is 1. The van der Waals surface area contributed by atoms with Crippen LogP contribution in [0.25, 0.3) is 0 Å². The van der Waals surface area contributed by atoms with Crippen LogP contribution in [0, 0.1) is 23.7 Å². The molecule has 0 N–H and O–H groups in total. The maximum Gasteiger partial charge on any atom is 0.317 e. The van der Waals surface area contributed by atoms with Crippen molar-refractivity contribution in [1.29, 1.82) is 0 Å². The fourth-order valence-electron chi connectivity index (χ4n) is 2.49. The van der Waals surface area contributed by atoms with Gasteiger partial charge in [-0.05, 0) is 24.7 Å². The van der Waals surface area contributed by atoms with Gasteiger partial charge in [-0.25, -0.2) is 0 Å². The van der Waals surface area contributed by atoms with E-state index in [-0.39, 0.29) is 29.7 Å². The fraction of sp³-hybridized carbons (Fsp3) is 0.800. The van der Waals surface area contributed by atoms with E-state index < -0.39 is 0 Å². The molecular formula is C10H14O3. The summed E-state index contributed by atoms with van der Waals surface area (Å²) in [7, 11) is 0. The number of hydrogen-bond donors (Lipinski definition) is 0. The molecule has 72 valence electrons. The van der Waals surface area contributed by atoms with Crippen LogP contribution in [0.5, 0.6) is 0 Å². The molecule has 1 aliphatic heterocycles. The summed E-state index contributed by atoms with van der Waals surface area (Å²) in [6.07, 6.45) is 1.85. The van der Waals surface area contributed by atoms with Gasteiger partial charge in [0.15, 0.2) is 0 Å². The second kappa shape index (κ2) is 2.82. The lowest BCUT2D eigenvalue weighted by Crippen LogP contribution is -2.33. The van der Waals surface area contributed by atoms with Crippen molar-refractivity contribution in [1.82, 2.24) is 0 Å². The molecule has 3 nitrogen and oxygen atoms in total. The first kappa shape index (κ1) is 8.73. The second-order valence-electron chi connectivity index (χ2n) is 4.29. The Morgan fingerprint density at radius 2 is 1.85 bits per heavy atom. The molecule has 0 amide bonds. The van der Waals surface area contributed by atoms with Crippen molar-refractivity contribution < 1.29 is 14.3 Å². The maximum absolute atomic E-state index is 11.3. The molecule has 3 heteroatoms. The van der Waals surface area contributed by atoms with Crippen molar-refractivity contribution >= 4 is 11.9 Å². The number of carbonyl (C=O) groups excluding carboxylic acids is 2. The average Bonchev–Trinajstić information content (AvgIpc) is 2.35. The molecule has 1 heterocycles. The van der Waals surface area contributed by atoms with Gasteiger partial charge in [0.05, 0.1) is 11.8 Å². The van der Waals surface area contributed by atoms with Crippen LogP contribution in [0.4, 0.5) is 0 Å². The van der Waals surface area contributed by atoms with Crippen LogP contribution < -0.4 is 0 Å². The van der Waals surface area contributed by atoms with Crippen molar-refractivity contribution in [3.63, 3.8) is 0 Å². The summed E-state index contributed by atoms with van der Waals surface area (Å²) >= 11 is 0. The summed E-state index contributed by atoms with van der Waals surface area (Å²) in [6.45, 7) is 4.18. The SMILES string of the molecule is C[C@H]1[C@H]2C(=O)OC(=O)[C@@H]2CC[C@H]1C. The molecule has 2 fully saturated rings. The minimum atomic E-state index is -0.297. The molecule has 0 aromatic heterocycles. The summed E-state index contributed by atoms with van der Waals surface area (Å²) in [5, 5.41) is 0. The highest BCUT2D eigenvalue weighted by Gasteiger charge is 2.50. The highest BCUT2D eigenvalue weighted by Crippen LogP contribution is 2.42. The zero-order valence-corrected chi connectivity index (χ0v) is 7.95. The van der Waals surface area contributed by atoms with E-state index >= 15 is 0 Å². The van der Waals surface area contributed by atoms with Crippen molar-refractivity contribution in [3.8, 4) is 0 Å². The maximum atomic E-state index is 11.3. The van der Waals surface area contributed by atoms with E-state index in [1.54, 1.807) is 0 Å². The zero-order chi connectivity index (χ0) is 9.59. The Balaban J connectivity index is 2.25. The lowest BCUT2D eigenvalue weighted by Gasteiger charge is -2.31. The van der Waals surface area contributed by atoms with Gasteiger partial charge in [0, 0.05) is 0 Å². The summed E-state index contributed by atoms with van der Waals surface area (Å²) in [5.74, 6) is -0.0739. The third kappa shape index (κ3) is 1.18. The highest BCUT2D eigenvalue weighted by atomic mass is 16.6. The minimum Gasteiger partial charge on any atom is -0.393 e. The molecule has 0 spiro atoms. The topological polar surface area (TPSA) is 43.4 Å². The highest BCUT2D eigenvalue weighted by molar-refractivity contribution is 5.96. The predicted molar refractivity (Wildman–Crippen MR) is 45.6 cm³/mol. The zero-order valence-electron chi connectivity index (χ0n) is 7.95. The summed E-state index contributed by atoms with van der Waals surface area (Å²) < 4.78 is 4.65. The molecule has 4 atom stereocenters. The Morgan fingerprint density at radius 1 is 1.15 bits per heavy atom. The van der Waals surface area contributed by atoms with Crippen molar-refractivity contribution in [2.24, 2.45) is 23.7 Å². The van der Waals surface area contributed by atoms with Crippen LogP contribution in [0.1, 0.15) is 26.7 Å². The van der Waals surface area contributed by atoms with Crippen molar-refractivity contribution in [2.45, 2.75) is 26.7 Å². The predicted octanol–water partition coefficient (Wildman–Crippen LogP) is 1.37. The number of cyclic esters (lactones) is 2. The molecule has 0 unspecified atom stereocenters. The first-order valence-corrected chi connectivity index (χ1v) is 4.87. The molecule has 1 saturated heterocycles. The molecule has 0 aromatic carbocycles. The van der Waals surface area contributed by atoms with Gasteiger partial charge in [0.25, 0.3) is 0 Å². The third-order valence-corrected chi connectivity index (χ3v) is 3.61. The van der Waals surface area contributed by atoms with Gasteiger partial charge in [0.1, 0.15) is 0 Å². The number of ether oxygens (including phenoxy) is 1. The van der Waals surface area contributed by atoms with E-state index in [1.165, 1.54) is 0 Å². The third-order valence-electron chi connectivity index (χ3n) is 3.61. The molecule has 1 saturated carbocycles. The Morgan fingerprint density at radius 3 is 2.54 bits per heavy atom. The minimum absolute atomic E-state index is 0.140. The fourth-order valence-corrected chi connectivity index (χ4v) is 2.49. The molecule has 2 rings (SSSR count). The van der Waals surface area contributed by atoms with E-state index in [1.807, 2.05) is 6.92 Å². The van der Waals surface area contributed by atoms with Gasteiger partial charge >= 0.3 is 11.9 Å². The van der Waals surface area contributed by atoms with E-state index in [9.17, 15) is 9.59 Å². The Labute approximate surface area is 77.4 Å². The van der Waals surface area contributed by atoms with Gasteiger partial charge in [-0.2, -0.15) is 0 Å². The van der Waals surface area contributed by atoms with Crippen molar-refractivity contribution in [3.05, 3.63) is 0 Å². The van der Waals surface area contributed by atoms with Crippen LogP contribution in [0.2, 0.25) is 0 Å². The average molecular weight is 182 g/mol. The number of hydrogen-bond acceptors (Lipinski definition) is 3. The van der Waals surface area contributed by atoms with E-state index in [0.29, 0.717) is 5.92 Å². The molecule has 0 aromatic rings. The molecule has 0 bridgehead atoms. The van der Waals surface area contributed by atoms with E-state index in [0.717, 1.165) is 12.8 Å². The van der Waals surface area contributed by atoms with Crippen LogP contribution in [0.15, 0.2) is 0 Å². The summed E-state index contributed by atoms with van der Waals surface area (Å²) in [6, 6.07) is 0. The molecule has 0 radical (unpaired) electrons. The van der Waals surface area contributed by atoms with E-state index in [4.69, 9.17) is 0 Å². The molecular weight excluding hydrogens is 168 g/mol. The van der Waals surface area contributed by atoms with Crippen molar-refractivity contribution in [2.75, 3.05) is 0 Å². The van der Waals surface area contributed by atoms with Crippen LogP contribution in [-0.4, -0.2) is 11.9 Å². The Hall–Kier alpha value is -0.860. The van der Waals surface area contributed by atoms with Gasteiger partial charge in [0.2, 0.25) is 0 Å². The molecule has 1 aliphatic carbocycles. The van der Waals surface area contributed by atoms with Gasteiger partial charge in [-0.15, -0.1) is 0 Å². The second-order valence-corrected chi connectivity index (χ2v) is 4.29. The first-order valence-electron chi connectivity index (χ1n) is 4.87. The van der Waals surface area contributed by atoms with Crippen LogP contribution in [-0.2, 0) is 14.3 Å². The lowest BCUT2D eigenvalue weighted by atomic mass is 9.69. The Kier molecular flexibility index (Phi) is 1.90. The largest absolute Gasteiger partial charge is 0.393 e. The van der Waals surface area contributed by atoms with Crippen LogP contribution in [0.3, 0.4) is 0 Å². The molecule has 2 aliphatic rings. The number of esters is 2. The molecule has 13 heavy (non-hydrogen) atoms. The standard InChI is InChI=1S/C10H14O3/c1-5-3-4-7-8(6(5)2)10(12)13-9(7)11/h5-8H,3-4H2,1-2H3/t5-,6-,7-,8-/m1/s1. The number of rotatable bonds is 0. The summed E-state index contributed by atoms with van der Waals surface area (Å²) in [5.41, 5.74) is 0. The summed E-state index contributed by atoms with van der Waals surface area (Å²) in [4.78, 5) is 22.6. The number of carbonyl (C=O) groups is 2. The first-order chi connectivity index (χ1) is 6.11. The van der Waals surface area contributed by atoms with Crippen LogP contribution >= 0.6 is 0 Å². The monoisotopic (exact) mass is 182 g/mol. The van der Waals surface area contributed by atoms with Gasteiger partial charge < -0.3 is 4.74 Å². The van der Waals surface area contributed by atoms with E-state index in [2.05, 4.69) is 11.7 Å². The quantitative estimate of drug-likeness (QED) is 0.419. The lowest BCUT2D eigenvalue weighted by molar-refractivity contribution is -0.154. The smallest absolute Gasteiger partial charge is 0.317 e. The Bertz CT molecular complexity index is 259.